The summed E-state index contributed by atoms with van der Waals surface area (Å²) in [4.78, 5) is 12.1. The molecule has 0 spiro atoms. The van der Waals surface area contributed by atoms with Crippen LogP contribution in [0.1, 0.15) is 24.5 Å². The average Bonchev–Trinajstić information content (AvgIpc) is 3.17. The van der Waals surface area contributed by atoms with E-state index in [9.17, 15) is 18.0 Å². The number of nitrogens with zero attached hydrogens (tertiary/aromatic N) is 2. The molecule has 1 saturated carbocycles. The van der Waals surface area contributed by atoms with Gasteiger partial charge in [-0.25, -0.2) is 17.9 Å². The standard InChI is InChI=1S/C13H12F3N3O/c1-18-12(6-2-3-6)11(17)13(20)19(18)10-5-8(15)7(14)4-9(10)16/h4-6H,2-3,17H2,1H3. The van der Waals surface area contributed by atoms with Crippen LogP contribution in [0.2, 0.25) is 0 Å². The smallest absolute Gasteiger partial charge is 0.294 e. The average molecular weight is 283 g/mol. The van der Waals surface area contributed by atoms with E-state index in [1.54, 1.807) is 7.05 Å². The first kappa shape index (κ1) is 12.8. The van der Waals surface area contributed by atoms with Crippen LogP contribution in [0.25, 0.3) is 5.69 Å². The highest BCUT2D eigenvalue weighted by Crippen LogP contribution is 2.42. The van der Waals surface area contributed by atoms with E-state index in [0.29, 0.717) is 17.8 Å². The Labute approximate surface area is 112 Å². The van der Waals surface area contributed by atoms with Gasteiger partial charge in [-0.3, -0.25) is 9.48 Å². The van der Waals surface area contributed by atoms with Crippen molar-refractivity contribution in [1.82, 2.24) is 9.36 Å². The summed E-state index contributed by atoms with van der Waals surface area (Å²) in [6.07, 6.45) is 1.81. The zero-order chi connectivity index (χ0) is 14.6. The summed E-state index contributed by atoms with van der Waals surface area (Å²) in [6.45, 7) is 0. The number of anilines is 1. The van der Waals surface area contributed by atoms with Crippen molar-refractivity contribution in [2.45, 2.75) is 18.8 Å². The number of aromatic nitrogens is 2. The molecule has 1 heterocycles. The van der Waals surface area contributed by atoms with Crippen LogP contribution in [0.4, 0.5) is 18.9 Å². The molecule has 1 aromatic heterocycles. The molecule has 0 saturated heterocycles. The molecule has 3 rings (SSSR count). The van der Waals surface area contributed by atoms with Gasteiger partial charge >= 0.3 is 0 Å². The Bertz CT molecular complexity index is 759. The lowest BCUT2D eigenvalue weighted by Crippen LogP contribution is -2.22. The zero-order valence-electron chi connectivity index (χ0n) is 10.7. The molecular weight excluding hydrogens is 271 g/mol. The van der Waals surface area contributed by atoms with Gasteiger partial charge in [0.2, 0.25) is 0 Å². The second kappa shape index (κ2) is 4.16. The van der Waals surface area contributed by atoms with Crippen LogP contribution in [-0.2, 0) is 7.05 Å². The van der Waals surface area contributed by atoms with E-state index in [0.717, 1.165) is 17.5 Å². The van der Waals surface area contributed by atoms with E-state index in [1.165, 1.54) is 4.68 Å². The summed E-state index contributed by atoms with van der Waals surface area (Å²) in [7, 11) is 1.55. The minimum absolute atomic E-state index is 0.0270. The Morgan fingerprint density at radius 1 is 1.15 bits per heavy atom. The number of hydrogen-bond acceptors (Lipinski definition) is 2. The number of nitrogens with two attached hydrogens (primary N) is 1. The topological polar surface area (TPSA) is 52.9 Å². The first-order valence-electron chi connectivity index (χ1n) is 6.14. The molecule has 1 aromatic carbocycles. The lowest BCUT2D eigenvalue weighted by Gasteiger charge is -2.10. The van der Waals surface area contributed by atoms with E-state index in [2.05, 4.69) is 0 Å². The monoisotopic (exact) mass is 283 g/mol. The van der Waals surface area contributed by atoms with Crippen molar-refractivity contribution < 1.29 is 13.2 Å². The van der Waals surface area contributed by atoms with Gasteiger partial charge in [-0.15, -0.1) is 0 Å². The molecule has 0 aliphatic heterocycles. The molecule has 0 amide bonds. The minimum Gasteiger partial charge on any atom is -0.393 e. The third-order valence-electron chi connectivity index (χ3n) is 3.53. The predicted octanol–water partition coefficient (Wildman–Crippen LogP) is 2.05. The van der Waals surface area contributed by atoms with Gasteiger partial charge in [-0.05, 0) is 12.8 Å². The Kier molecular flexibility index (Phi) is 2.67. The highest BCUT2D eigenvalue weighted by atomic mass is 19.2. The van der Waals surface area contributed by atoms with Gasteiger partial charge in [0.25, 0.3) is 5.56 Å². The van der Waals surface area contributed by atoms with Crippen LogP contribution in [-0.4, -0.2) is 9.36 Å². The van der Waals surface area contributed by atoms with Crippen molar-refractivity contribution in [3.63, 3.8) is 0 Å². The van der Waals surface area contributed by atoms with Crippen molar-refractivity contribution in [2.24, 2.45) is 7.05 Å². The Balaban J connectivity index is 2.28. The molecule has 4 nitrogen and oxygen atoms in total. The summed E-state index contributed by atoms with van der Waals surface area (Å²) in [5.41, 5.74) is 5.42. The molecule has 20 heavy (non-hydrogen) atoms. The first-order valence-corrected chi connectivity index (χ1v) is 6.14. The number of benzene rings is 1. The largest absolute Gasteiger partial charge is 0.393 e. The minimum atomic E-state index is -1.30. The van der Waals surface area contributed by atoms with Gasteiger partial charge in [0, 0.05) is 25.1 Å². The Hall–Kier alpha value is -2.18. The number of nitrogen functional groups attached to an aromatic ring is 1. The van der Waals surface area contributed by atoms with Crippen molar-refractivity contribution in [3.05, 3.63) is 45.6 Å². The highest BCUT2D eigenvalue weighted by molar-refractivity contribution is 5.48. The molecule has 106 valence electrons. The van der Waals surface area contributed by atoms with E-state index >= 15 is 0 Å². The van der Waals surface area contributed by atoms with E-state index in [-0.39, 0.29) is 17.3 Å². The van der Waals surface area contributed by atoms with E-state index in [4.69, 9.17) is 5.73 Å². The summed E-state index contributed by atoms with van der Waals surface area (Å²) in [5, 5.41) is 0. The van der Waals surface area contributed by atoms with Crippen molar-refractivity contribution in [2.75, 3.05) is 5.73 Å². The molecule has 2 aromatic rings. The van der Waals surface area contributed by atoms with Gasteiger partial charge in [0.15, 0.2) is 17.5 Å². The second-order valence-electron chi connectivity index (χ2n) is 4.93. The molecular formula is C13H12F3N3O. The fraction of sp³-hybridized carbons (Fsp3) is 0.308. The molecule has 7 heteroatoms. The van der Waals surface area contributed by atoms with Crippen LogP contribution in [0.5, 0.6) is 0 Å². The fourth-order valence-corrected chi connectivity index (χ4v) is 2.43. The van der Waals surface area contributed by atoms with Crippen LogP contribution in [0.15, 0.2) is 16.9 Å². The molecule has 0 atom stereocenters. The number of rotatable bonds is 2. The fourth-order valence-electron chi connectivity index (χ4n) is 2.43. The Morgan fingerprint density at radius 3 is 2.35 bits per heavy atom. The number of halogens is 3. The molecule has 1 aliphatic carbocycles. The third kappa shape index (κ3) is 1.73. The number of hydrogen-bond donors (Lipinski definition) is 1. The van der Waals surface area contributed by atoms with E-state index < -0.39 is 23.0 Å². The normalized spacial score (nSPS) is 14.8. The third-order valence-corrected chi connectivity index (χ3v) is 3.53. The molecule has 1 fully saturated rings. The molecule has 2 N–H and O–H groups in total. The maximum absolute atomic E-state index is 13.8. The maximum atomic E-state index is 13.8. The first-order chi connectivity index (χ1) is 9.41. The summed E-state index contributed by atoms with van der Waals surface area (Å²) in [6, 6.07) is 1.07. The summed E-state index contributed by atoms with van der Waals surface area (Å²) >= 11 is 0. The van der Waals surface area contributed by atoms with Gasteiger partial charge in [0.1, 0.15) is 11.4 Å². The van der Waals surface area contributed by atoms with Crippen LogP contribution >= 0.6 is 0 Å². The molecule has 0 unspecified atom stereocenters. The van der Waals surface area contributed by atoms with Crippen LogP contribution in [0, 0.1) is 17.5 Å². The van der Waals surface area contributed by atoms with E-state index in [1.807, 2.05) is 0 Å². The van der Waals surface area contributed by atoms with Crippen molar-refractivity contribution in [1.29, 1.82) is 0 Å². The van der Waals surface area contributed by atoms with Gasteiger partial charge in [0.05, 0.1) is 5.69 Å². The molecule has 1 aliphatic rings. The van der Waals surface area contributed by atoms with Gasteiger partial charge in [-0.2, -0.15) is 0 Å². The second-order valence-corrected chi connectivity index (χ2v) is 4.93. The predicted molar refractivity (Wildman–Crippen MR) is 67.3 cm³/mol. The highest BCUT2D eigenvalue weighted by Gasteiger charge is 2.32. The van der Waals surface area contributed by atoms with Crippen LogP contribution in [0.3, 0.4) is 0 Å². The van der Waals surface area contributed by atoms with Crippen LogP contribution < -0.4 is 11.3 Å². The lowest BCUT2D eigenvalue weighted by atomic mass is 10.2. The maximum Gasteiger partial charge on any atom is 0.294 e. The zero-order valence-corrected chi connectivity index (χ0v) is 10.7. The molecule has 0 radical (unpaired) electrons. The van der Waals surface area contributed by atoms with Crippen molar-refractivity contribution in [3.8, 4) is 5.69 Å². The summed E-state index contributed by atoms with van der Waals surface area (Å²) < 4.78 is 42.4. The van der Waals surface area contributed by atoms with Gasteiger partial charge in [-0.1, -0.05) is 0 Å². The Morgan fingerprint density at radius 2 is 1.75 bits per heavy atom. The van der Waals surface area contributed by atoms with Gasteiger partial charge < -0.3 is 5.73 Å². The van der Waals surface area contributed by atoms with Crippen molar-refractivity contribution >= 4 is 5.69 Å². The molecule has 0 bridgehead atoms. The lowest BCUT2D eigenvalue weighted by molar-refractivity contribution is 0.485. The summed E-state index contributed by atoms with van der Waals surface area (Å²) in [5.74, 6) is -3.37. The SMILES string of the molecule is Cn1c(C2CC2)c(N)c(=O)n1-c1cc(F)c(F)cc1F. The quantitative estimate of drug-likeness (QED) is 0.858.